The quantitative estimate of drug-likeness (QED) is 0.612. The molecule has 1 aromatic rings. The van der Waals surface area contributed by atoms with Crippen molar-refractivity contribution < 1.29 is 9.53 Å². The van der Waals surface area contributed by atoms with Gasteiger partial charge in [0.25, 0.3) is 0 Å². The van der Waals surface area contributed by atoms with Gasteiger partial charge in [0.2, 0.25) is 0 Å². The zero-order valence-electron chi connectivity index (χ0n) is 9.86. The highest BCUT2D eigenvalue weighted by molar-refractivity contribution is 6.62. The third kappa shape index (κ3) is 3.13. The average Bonchev–Trinajstić information content (AvgIpc) is 2.78. The number of amides is 1. The minimum atomic E-state index is -0.390. The van der Waals surface area contributed by atoms with E-state index in [0.29, 0.717) is 13.1 Å². The number of carbonyl (C=O) groups excluding carboxylic acids is 1. The number of carbonyl (C=O) groups is 1. The zero-order chi connectivity index (χ0) is 12.3. The minimum absolute atomic E-state index is 0.0600. The maximum atomic E-state index is 11.0. The summed E-state index contributed by atoms with van der Waals surface area (Å²) in [6, 6.07) is 8.07. The smallest absolute Gasteiger partial charge is 0.316 e. The highest BCUT2D eigenvalue weighted by Gasteiger charge is 2.26. The van der Waals surface area contributed by atoms with E-state index in [1.165, 1.54) is 5.56 Å². The van der Waals surface area contributed by atoms with Crippen LogP contribution in [0.25, 0.3) is 0 Å². The van der Waals surface area contributed by atoms with Gasteiger partial charge in [0, 0.05) is 13.0 Å². The fourth-order valence-corrected chi connectivity index (χ4v) is 2.17. The number of benzene rings is 1. The Morgan fingerprint density at radius 2 is 2.41 bits per heavy atom. The lowest BCUT2D eigenvalue weighted by atomic mass is 10.1. The molecular weight excluding hydrogens is 238 g/mol. The van der Waals surface area contributed by atoms with Crippen LogP contribution in [0.1, 0.15) is 18.9 Å². The van der Waals surface area contributed by atoms with Gasteiger partial charge in [-0.3, -0.25) is 4.79 Å². The molecule has 1 unspecified atom stereocenters. The molecule has 1 aliphatic heterocycles. The summed E-state index contributed by atoms with van der Waals surface area (Å²) >= 11 is 5.43. The summed E-state index contributed by atoms with van der Waals surface area (Å²) in [7, 11) is 0. The predicted molar refractivity (Wildman–Crippen MR) is 67.7 cm³/mol. The lowest BCUT2D eigenvalue weighted by Gasteiger charge is -2.15. The molecule has 17 heavy (non-hydrogen) atoms. The van der Waals surface area contributed by atoms with E-state index in [0.717, 1.165) is 18.6 Å². The largest absolute Gasteiger partial charge is 0.489 e. The molecule has 0 aliphatic carbocycles. The van der Waals surface area contributed by atoms with Crippen molar-refractivity contribution in [3.63, 3.8) is 0 Å². The molecule has 1 aromatic carbocycles. The first-order chi connectivity index (χ1) is 8.19. The predicted octanol–water partition coefficient (Wildman–Crippen LogP) is 3.06. The number of rotatable bonds is 3. The number of halogens is 1. The Bertz CT molecular complexity index is 408. The zero-order valence-corrected chi connectivity index (χ0v) is 10.6. The fraction of sp³-hybridized carbons (Fsp3) is 0.462. The van der Waals surface area contributed by atoms with Crippen LogP contribution in [0.3, 0.4) is 0 Å². The molecule has 0 saturated carbocycles. The van der Waals surface area contributed by atoms with Gasteiger partial charge in [-0.15, -0.1) is 0 Å². The van der Waals surface area contributed by atoms with E-state index >= 15 is 0 Å². The van der Waals surface area contributed by atoms with Gasteiger partial charge in [0.15, 0.2) is 0 Å². The van der Waals surface area contributed by atoms with Gasteiger partial charge in [-0.2, -0.15) is 0 Å². The summed E-state index contributed by atoms with van der Waals surface area (Å²) < 4.78 is 5.85. The van der Waals surface area contributed by atoms with Crippen molar-refractivity contribution in [2.24, 2.45) is 0 Å². The molecule has 0 radical (unpaired) electrons. The number of aryl methyl sites for hydroxylation is 1. The van der Waals surface area contributed by atoms with Crippen LogP contribution in [0.5, 0.6) is 5.75 Å². The molecule has 0 spiro atoms. The van der Waals surface area contributed by atoms with Crippen LogP contribution in [-0.2, 0) is 6.42 Å². The second kappa shape index (κ2) is 5.41. The Morgan fingerprint density at radius 1 is 1.59 bits per heavy atom. The Balaban J connectivity index is 1.95. The lowest BCUT2D eigenvalue weighted by molar-refractivity contribution is 0.199. The SMILES string of the molecule is CCc1cccc(OC2CCN(C(=O)Cl)C2)c1. The van der Waals surface area contributed by atoms with Crippen molar-refractivity contribution in [1.82, 2.24) is 4.90 Å². The molecule has 1 aliphatic rings. The van der Waals surface area contributed by atoms with E-state index in [-0.39, 0.29) is 6.10 Å². The number of likely N-dealkylation sites (tertiary alicyclic amines) is 1. The Hall–Kier alpha value is -1.22. The van der Waals surface area contributed by atoms with Gasteiger partial charge in [0.05, 0.1) is 6.54 Å². The van der Waals surface area contributed by atoms with Gasteiger partial charge >= 0.3 is 5.37 Å². The third-order valence-electron chi connectivity index (χ3n) is 3.00. The first-order valence-corrected chi connectivity index (χ1v) is 6.27. The monoisotopic (exact) mass is 253 g/mol. The second-order valence-corrected chi connectivity index (χ2v) is 4.55. The Morgan fingerprint density at radius 3 is 3.06 bits per heavy atom. The average molecular weight is 254 g/mol. The van der Waals surface area contributed by atoms with Crippen molar-refractivity contribution in [2.45, 2.75) is 25.9 Å². The Kier molecular flexibility index (Phi) is 3.89. The number of hydrogen-bond acceptors (Lipinski definition) is 2. The summed E-state index contributed by atoms with van der Waals surface area (Å²) in [6.07, 6.45) is 1.90. The van der Waals surface area contributed by atoms with E-state index in [4.69, 9.17) is 16.3 Å². The molecule has 1 amide bonds. The molecule has 1 fully saturated rings. The normalized spacial score (nSPS) is 19.4. The van der Waals surface area contributed by atoms with Crippen LogP contribution in [-0.4, -0.2) is 29.5 Å². The summed E-state index contributed by atoms with van der Waals surface area (Å²) in [5, 5.41) is -0.390. The molecule has 0 bridgehead atoms. The summed E-state index contributed by atoms with van der Waals surface area (Å²) in [5.41, 5.74) is 1.26. The molecule has 0 aromatic heterocycles. The van der Waals surface area contributed by atoms with E-state index < -0.39 is 5.37 Å². The maximum Gasteiger partial charge on any atom is 0.316 e. The highest BCUT2D eigenvalue weighted by atomic mass is 35.5. The van der Waals surface area contributed by atoms with E-state index in [1.807, 2.05) is 18.2 Å². The molecule has 92 valence electrons. The standard InChI is InChI=1S/C13H16ClNO2/c1-2-10-4-3-5-11(8-10)17-12-6-7-15(9-12)13(14)16/h3-5,8,12H,2,6-7,9H2,1H3. The van der Waals surface area contributed by atoms with Crippen molar-refractivity contribution in [1.29, 1.82) is 0 Å². The third-order valence-corrected chi connectivity index (χ3v) is 3.24. The molecule has 1 saturated heterocycles. The van der Waals surface area contributed by atoms with Crippen molar-refractivity contribution >= 4 is 17.0 Å². The van der Waals surface area contributed by atoms with Crippen LogP contribution < -0.4 is 4.74 Å². The van der Waals surface area contributed by atoms with Gasteiger partial charge in [-0.1, -0.05) is 19.1 Å². The lowest BCUT2D eigenvalue weighted by Crippen LogP contribution is -2.26. The molecule has 2 rings (SSSR count). The summed E-state index contributed by atoms with van der Waals surface area (Å²) in [5.74, 6) is 0.873. The van der Waals surface area contributed by atoms with Crippen molar-refractivity contribution in [3.05, 3.63) is 29.8 Å². The minimum Gasteiger partial charge on any atom is -0.489 e. The molecule has 1 atom stereocenters. The highest BCUT2D eigenvalue weighted by Crippen LogP contribution is 2.20. The first-order valence-electron chi connectivity index (χ1n) is 5.89. The topological polar surface area (TPSA) is 29.5 Å². The van der Waals surface area contributed by atoms with Crippen LogP contribution in [0.15, 0.2) is 24.3 Å². The summed E-state index contributed by atoms with van der Waals surface area (Å²) in [6.45, 7) is 3.38. The van der Waals surface area contributed by atoms with Crippen LogP contribution in [0.4, 0.5) is 4.79 Å². The van der Waals surface area contributed by atoms with Crippen molar-refractivity contribution in [2.75, 3.05) is 13.1 Å². The number of hydrogen-bond donors (Lipinski definition) is 0. The van der Waals surface area contributed by atoms with E-state index in [1.54, 1.807) is 4.90 Å². The molecular formula is C13H16ClNO2. The van der Waals surface area contributed by atoms with Gasteiger partial charge < -0.3 is 9.64 Å². The van der Waals surface area contributed by atoms with Gasteiger partial charge in [-0.25, -0.2) is 0 Å². The second-order valence-electron chi connectivity index (χ2n) is 4.23. The van der Waals surface area contributed by atoms with E-state index in [2.05, 4.69) is 13.0 Å². The molecule has 1 heterocycles. The van der Waals surface area contributed by atoms with Crippen LogP contribution >= 0.6 is 11.6 Å². The van der Waals surface area contributed by atoms with E-state index in [9.17, 15) is 4.79 Å². The number of nitrogens with zero attached hydrogens (tertiary/aromatic N) is 1. The number of ether oxygens (including phenoxy) is 1. The Labute approximate surface area is 106 Å². The van der Waals surface area contributed by atoms with Crippen molar-refractivity contribution in [3.8, 4) is 5.75 Å². The van der Waals surface area contributed by atoms with Crippen LogP contribution in [0, 0.1) is 0 Å². The first kappa shape index (κ1) is 12.2. The van der Waals surface area contributed by atoms with Gasteiger partial charge in [0.1, 0.15) is 11.9 Å². The van der Waals surface area contributed by atoms with Gasteiger partial charge in [-0.05, 0) is 35.7 Å². The molecule has 0 N–H and O–H groups in total. The maximum absolute atomic E-state index is 11.0. The fourth-order valence-electron chi connectivity index (χ4n) is 2.02. The molecule has 3 nitrogen and oxygen atoms in total. The van der Waals surface area contributed by atoms with Crippen LogP contribution in [0.2, 0.25) is 0 Å². The molecule has 4 heteroatoms. The summed E-state index contributed by atoms with van der Waals surface area (Å²) in [4.78, 5) is 12.6.